The average molecular weight is 1680 g/mol. The second-order valence-corrected chi connectivity index (χ2v) is 31.1. The van der Waals surface area contributed by atoms with Gasteiger partial charge in [0.1, 0.15) is 61.4 Å². The Labute approximate surface area is 697 Å². The van der Waals surface area contributed by atoms with Gasteiger partial charge in [0.05, 0.1) is 72.0 Å². The molecule has 9 N–H and O–H groups in total. The summed E-state index contributed by atoms with van der Waals surface area (Å²) in [5, 5.41) is 50.1. The first-order valence-electron chi connectivity index (χ1n) is 43.1. The molecule has 32 nitrogen and oxygen atoms in total. The van der Waals surface area contributed by atoms with Gasteiger partial charge >= 0.3 is 23.9 Å². The molecule has 0 aromatic rings. The minimum atomic E-state index is -1.19. The molecule has 0 heterocycles. The number of amides is 5. The van der Waals surface area contributed by atoms with Crippen molar-refractivity contribution in [1.82, 2.24) is 26.6 Å². The number of Topliss-reactive ketones (excluding diaryl/α,β-unsaturated/α-hetero) is 6. The number of hydrogen-bond acceptors (Lipinski definition) is 23. The summed E-state index contributed by atoms with van der Waals surface area (Å²) in [6.45, 7) is 9.53. The van der Waals surface area contributed by atoms with Crippen molar-refractivity contribution in [3.8, 4) is 0 Å². The molecule has 0 aliphatic heterocycles. The van der Waals surface area contributed by atoms with Crippen molar-refractivity contribution < 1.29 is 133 Å². The second kappa shape index (κ2) is 75.2. The van der Waals surface area contributed by atoms with Crippen LogP contribution in [0.1, 0.15) is 294 Å². The van der Waals surface area contributed by atoms with Gasteiger partial charge in [-0.1, -0.05) is 136 Å². The zero-order chi connectivity index (χ0) is 86.8. The minimum absolute atomic E-state index is 0. The number of carboxylic acid groups (broad SMARTS) is 4. The van der Waals surface area contributed by atoms with Gasteiger partial charge in [-0.2, -0.15) is 0 Å². The van der Waals surface area contributed by atoms with Crippen LogP contribution in [0, 0.1) is 23.2 Å². The summed E-state index contributed by atoms with van der Waals surface area (Å²) in [6.07, 6.45) is 24.4. The Morgan fingerprint density at radius 2 is 0.667 bits per heavy atom. The van der Waals surface area contributed by atoms with Gasteiger partial charge in [0.25, 0.3) is 0 Å². The third-order valence-corrected chi connectivity index (χ3v) is 19.5. The smallest absolute Gasteiger partial charge is 0.326 e. The van der Waals surface area contributed by atoms with Crippen molar-refractivity contribution in [3.63, 3.8) is 0 Å². The van der Waals surface area contributed by atoms with E-state index in [4.69, 9.17) is 48.1 Å². The maximum absolute atomic E-state index is 13.8. The highest BCUT2D eigenvalue weighted by atomic mass is 16.5. The first-order chi connectivity index (χ1) is 56.1. The van der Waals surface area contributed by atoms with Crippen LogP contribution in [0.15, 0.2) is 0 Å². The van der Waals surface area contributed by atoms with Crippen LogP contribution in [0.25, 0.3) is 0 Å². The molecule has 0 aromatic heterocycles. The Morgan fingerprint density at radius 3 is 1.09 bits per heavy atom. The standard InChI is InChI=1S/C85H147N5O27.2H2/c1-66(91)67(31-25-27-43-86-78(99)63-115-56-52-111-48-30-35-72(94)62-114-55-53-112-49-45-88-76(97)42-39-69(83(106)107)59-71(93)33-21-17-13-9-5-7-11-15-19-23-37-81(102)103)60-74(95)68(61-75(96)85(2,3)4)32-26-28-44-87-79(100)64-117-58-54-113-50-46-89-80(101)65-116-57-51-110-47-29-34-70(92)40-41-73(84(108)109)90-77(98)36-22-18-14-10-6-8-12-16-20-24-38-82(104)105;;/h67-69,73H,5-65H2,1-4H3,(H,86,99)(H,87,100)(H,88,97)(H,89,101)(H,90,98)(H,102,103)(H,104,105)(H,106,107)(H,108,109);2*1H/t67?,68-,69-,73+;;/m1../s1. The molecule has 117 heavy (non-hydrogen) atoms. The summed E-state index contributed by atoms with van der Waals surface area (Å²) in [5.74, 6) is -8.32. The highest BCUT2D eigenvalue weighted by molar-refractivity contribution is 5.93. The number of carbonyl (C=O) groups excluding carboxylic acids is 11. The lowest BCUT2D eigenvalue weighted by atomic mass is 9.79. The van der Waals surface area contributed by atoms with Crippen molar-refractivity contribution in [2.45, 2.75) is 297 Å². The summed E-state index contributed by atoms with van der Waals surface area (Å²) < 4.78 is 43.5. The number of carboxylic acids is 4. The molecular formula is C85H151N5O27. The van der Waals surface area contributed by atoms with Crippen LogP contribution in [-0.4, -0.2) is 246 Å². The van der Waals surface area contributed by atoms with Crippen LogP contribution in [0.3, 0.4) is 0 Å². The molecule has 0 aliphatic carbocycles. The molecule has 0 bridgehead atoms. The molecule has 5 amide bonds. The molecule has 0 aromatic carbocycles. The Morgan fingerprint density at radius 1 is 0.291 bits per heavy atom. The Balaban J connectivity index is -0.0000673. The van der Waals surface area contributed by atoms with Crippen molar-refractivity contribution in [2.24, 2.45) is 23.2 Å². The van der Waals surface area contributed by atoms with E-state index in [-0.39, 0.29) is 256 Å². The predicted molar refractivity (Wildman–Crippen MR) is 440 cm³/mol. The van der Waals surface area contributed by atoms with Crippen LogP contribution < -0.4 is 26.6 Å². The number of hydrogen-bond donors (Lipinski definition) is 9. The summed E-state index contributed by atoms with van der Waals surface area (Å²) >= 11 is 0. The molecule has 32 heteroatoms. The normalized spacial score (nSPS) is 12.4. The number of nitrogens with one attached hydrogen (secondary N) is 5. The van der Waals surface area contributed by atoms with Crippen molar-refractivity contribution >= 4 is 88.1 Å². The van der Waals surface area contributed by atoms with Gasteiger partial charge in [0.15, 0.2) is 5.78 Å². The van der Waals surface area contributed by atoms with Gasteiger partial charge in [-0.05, 0) is 84.0 Å². The van der Waals surface area contributed by atoms with Crippen LogP contribution >= 0.6 is 0 Å². The van der Waals surface area contributed by atoms with E-state index in [0.29, 0.717) is 103 Å². The van der Waals surface area contributed by atoms with E-state index in [2.05, 4.69) is 26.6 Å². The molecule has 0 rings (SSSR count). The van der Waals surface area contributed by atoms with Crippen LogP contribution in [0.4, 0.5) is 0 Å². The molecule has 0 saturated heterocycles. The fraction of sp³-hybridized carbons (Fsp3) is 0.824. The number of ether oxygens (including phenoxy) is 8. The summed E-state index contributed by atoms with van der Waals surface area (Å²) in [4.78, 5) is 183. The van der Waals surface area contributed by atoms with Gasteiger partial charge < -0.3 is 84.9 Å². The number of carbonyl (C=O) groups is 15. The lowest BCUT2D eigenvalue weighted by molar-refractivity contribution is -0.144. The fourth-order valence-electron chi connectivity index (χ4n) is 12.3. The lowest BCUT2D eigenvalue weighted by Crippen LogP contribution is -2.41. The molecule has 0 spiro atoms. The van der Waals surface area contributed by atoms with Crippen LogP contribution in [0.5, 0.6) is 0 Å². The first kappa shape index (κ1) is 110. The zero-order valence-corrected chi connectivity index (χ0v) is 71.1. The van der Waals surface area contributed by atoms with Gasteiger partial charge in [-0.3, -0.25) is 67.1 Å². The summed E-state index contributed by atoms with van der Waals surface area (Å²) in [6, 6.07) is -1.15. The van der Waals surface area contributed by atoms with E-state index < -0.39 is 53.1 Å². The number of unbranched alkanes of at least 4 members (excludes halogenated alkanes) is 20. The Kier molecular flexibility index (Phi) is 70.6. The molecular weight excluding hydrogens is 1520 g/mol. The SMILES string of the molecule is CC(=O)C(CCCCNC(=O)COCCOCCCC(=O)COCCOCCNC(=O)CC[C@H](CC(=O)CCCCCCCCCCCCC(=O)O)C(=O)O)CC(=O)[C@H](CCCCNC(=O)COCCOCCNC(=O)COCCOCCCC(=O)CC[C@H](NC(=O)CCCCCCCCCCCCC(=O)O)C(=O)O)CC(=O)C(C)(C)C.[HH].[HH]. The van der Waals surface area contributed by atoms with Crippen molar-refractivity contribution in [3.05, 3.63) is 0 Å². The zero-order valence-electron chi connectivity index (χ0n) is 71.1. The van der Waals surface area contributed by atoms with Gasteiger partial charge in [-0.15, -0.1) is 0 Å². The van der Waals surface area contributed by atoms with Crippen molar-refractivity contribution in [1.29, 1.82) is 0 Å². The second-order valence-electron chi connectivity index (χ2n) is 31.1. The average Bonchev–Trinajstić information content (AvgIpc) is 0.879. The molecule has 678 valence electrons. The minimum Gasteiger partial charge on any atom is -0.481 e. The van der Waals surface area contributed by atoms with E-state index in [9.17, 15) is 82.1 Å². The monoisotopic (exact) mass is 1670 g/mol. The highest BCUT2D eigenvalue weighted by Crippen LogP contribution is 2.27. The van der Waals surface area contributed by atoms with Gasteiger partial charge in [-0.25, -0.2) is 4.79 Å². The maximum atomic E-state index is 13.8. The van der Waals surface area contributed by atoms with Crippen LogP contribution in [-0.2, 0) is 110 Å². The fourth-order valence-corrected chi connectivity index (χ4v) is 12.3. The maximum Gasteiger partial charge on any atom is 0.326 e. The third-order valence-electron chi connectivity index (χ3n) is 19.5. The molecule has 0 saturated carbocycles. The highest BCUT2D eigenvalue weighted by Gasteiger charge is 2.31. The van der Waals surface area contributed by atoms with E-state index in [1.165, 1.54) is 6.92 Å². The molecule has 4 atom stereocenters. The summed E-state index contributed by atoms with van der Waals surface area (Å²) in [5.41, 5.74) is -0.670. The Bertz CT molecular complexity index is 2800. The molecule has 0 fully saturated rings. The topological polar surface area (TPSA) is 471 Å². The molecule has 0 aliphatic rings. The van der Waals surface area contributed by atoms with Gasteiger partial charge in [0.2, 0.25) is 29.5 Å². The van der Waals surface area contributed by atoms with Gasteiger partial charge in [0, 0.05) is 130 Å². The number of aliphatic carboxylic acids is 4. The lowest BCUT2D eigenvalue weighted by Gasteiger charge is -2.23. The van der Waals surface area contributed by atoms with E-state index >= 15 is 0 Å². The molecule has 0 radical (unpaired) electrons. The van der Waals surface area contributed by atoms with E-state index in [1.54, 1.807) is 20.8 Å². The Hall–Kier alpha value is -7.07. The van der Waals surface area contributed by atoms with E-state index in [1.807, 2.05) is 0 Å². The quantitative estimate of drug-likeness (QED) is 0.0255. The predicted octanol–water partition coefficient (Wildman–Crippen LogP) is 10.2. The summed E-state index contributed by atoms with van der Waals surface area (Å²) in [7, 11) is 0. The molecule has 1 unspecified atom stereocenters. The first-order valence-corrected chi connectivity index (χ1v) is 43.1. The number of rotatable bonds is 87. The largest absolute Gasteiger partial charge is 0.481 e. The van der Waals surface area contributed by atoms with E-state index in [0.717, 1.165) is 103 Å². The third kappa shape index (κ3) is 72.7. The van der Waals surface area contributed by atoms with Crippen LogP contribution in [0.2, 0.25) is 0 Å². The number of ketones is 6. The van der Waals surface area contributed by atoms with Crippen molar-refractivity contribution in [2.75, 3.05) is 132 Å².